The van der Waals surface area contributed by atoms with Gasteiger partial charge in [-0.05, 0) is 31.9 Å². The molecule has 0 aromatic heterocycles. The maximum Gasteiger partial charge on any atom is 0.173 e. The number of carbonyl (C=O) groups is 2. The average molecular weight is 347 g/mol. The van der Waals surface area contributed by atoms with Gasteiger partial charge in [0, 0.05) is 11.1 Å². The fourth-order valence-electron chi connectivity index (χ4n) is 1.93. The molecule has 3 heteroatoms. The Morgan fingerprint density at radius 2 is 1.29 bits per heavy atom. The van der Waals surface area contributed by atoms with E-state index in [-0.39, 0.29) is 11.6 Å². The monoisotopic (exact) mass is 346 g/mol. The quantitative estimate of drug-likeness (QED) is 0.592. The fraction of sp³-hybridized carbons (Fsp3) is 0.222. The molecule has 0 N–H and O–H groups in total. The second kappa shape index (κ2) is 8.53. The van der Waals surface area contributed by atoms with Crippen LogP contribution in [0.3, 0.4) is 0 Å². The zero-order valence-corrected chi connectivity index (χ0v) is 14.1. The van der Waals surface area contributed by atoms with Crippen molar-refractivity contribution in [1.29, 1.82) is 0 Å². The second-order valence-corrected chi connectivity index (χ2v) is 5.30. The highest BCUT2D eigenvalue weighted by atomic mass is 79.9. The van der Waals surface area contributed by atoms with Crippen molar-refractivity contribution < 1.29 is 9.59 Å². The zero-order valence-electron chi connectivity index (χ0n) is 12.5. The average Bonchev–Trinajstić information content (AvgIpc) is 2.48. The Bertz CT molecular complexity index is 633. The van der Waals surface area contributed by atoms with E-state index < -0.39 is 0 Å². The number of halogens is 1. The van der Waals surface area contributed by atoms with Crippen LogP contribution in [0.2, 0.25) is 0 Å². The molecule has 0 aliphatic heterocycles. The van der Waals surface area contributed by atoms with Crippen LogP contribution in [0, 0.1) is 13.8 Å². The molecule has 0 unspecified atom stereocenters. The van der Waals surface area contributed by atoms with Gasteiger partial charge in [-0.15, -0.1) is 0 Å². The molecular formula is C18H19BrO2. The van der Waals surface area contributed by atoms with E-state index in [1.807, 2.05) is 62.4 Å². The summed E-state index contributed by atoms with van der Waals surface area (Å²) in [6, 6.07) is 15.2. The predicted octanol–water partition coefficient (Wildman–Crippen LogP) is 4.77. The molecule has 2 rings (SSSR count). The molecule has 0 atom stereocenters. The number of aryl methyl sites for hydroxylation is 2. The van der Waals surface area contributed by atoms with Crippen LogP contribution in [0.25, 0.3) is 0 Å². The minimum atomic E-state index is 0.137. The maximum absolute atomic E-state index is 11.2. The minimum Gasteiger partial charge on any atom is -0.295 e. The molecule has 2 nitrogen and oxygen atoms in total. The lowest BCUT2D eigenvalue weighted by molar-refractivity contribution is 0.101. The van der Waals surface area contributed by atoms with Gasteiger partial charge in [0.15, 0.2) is 11.6 Å². The van der Waals surface area contributed by atoms with Crippen molar-refractivity contribution in [3.05, 3.63) is 70.8 Å². The molecule has 2 aromatic rings. The lowest BCUT2D eigenvalue weighted by Gasteiger charge is -1.99. The van der Waals surface area contributed by atoms with Crippen LogP contribution in [0.4, 0.5) is 0 Å². The fourth-order valence-corrected chi connectivity index (χ4v) is 2.23. The highest BCUT2D eigenvalue weighted by Crippen LogP contribution is 2.08. The zero-order chi connectivity index (χ0) is 15.8. The highest BCUT2D eigenvalue weighted by molar-refractivity contribution is 9.09. The number of benzene rings is 2. The van der Waals surface area contributed by atoms with Crippen LogP contribution < -0.4 is 0 Å². The van der Waals surface area contributed by atoms with Gasteiger partial charge in [-0.1, -0.05) is 64.5 Å². The molecule has 2 aromatic carbocycles. The number of hydrogen-bond acceptors (Lipinski definition) is 2. The lowest BCUT2D eigenvalue weighted by Crippen LogP contribution is -2.01. The smallest absolute Gasteiger partial charge is 0.173 e. The summed E-state index contributed by atoms with van der Waals surface area (Å²) in [5, 5.41) is 0.401. The van der Waals surface area contributed by atoms with E-state index in [2.05, 4.69) is 15.9 Å². The van der Waals surface area contributed by atoms with E-state index in [1.165, 1.54) is 0 Å². The number of hydrogen-bond donors (Lipinski definition) is 0. The molecule has 0 amide bonds. The van der Waals surface area contributed by atoms with Crippen molar-refractivity contribution in [2.75, 3.05) is 5.33 Å². The van der Waals surface area contributed by atoms with Gasteiger partial charge in [0.2, 0.25) is 0 Å². The van der Waals surface area contributed by atoms with E-state index in [4.69, 9.17) is 0 Å². The van der Waals surface area contributed by atoms with Crippen molar-refractivity contribution in [3.8, 4) is 0 Å². The topological polar surface area (TPSA) is 34.1 Å². The van der Waals surface area contributed by atoms with Crippen LogP contribution in [0.15, 0.2) is 48.5 Å². The number of ketones is 2. The number of alkyl halides is 1. The van der Waals surface area contributed by atoms with Crippen molar-refractivity contribution in [2.24, 2.45) is 0 Å². The largest absolute Gasteiger partial charge is 0.295 e. The molecule has 21 heavy (non-hydrogen) atoms. The number of rotatable bonds is 3. The van der Waals surface area contributed by atoms with Crippen molar-refractivity contribution in [1.82, 2.24) is 0 Å². The summed E-state index contributed by atoms with van der Waals surface area (Å²) >= 11 is 3.14. The Hall–Kier alpha value is -1.74. The van der Waals surface area contributed by atoms with Gasteiger partial charge in [-0.3, -0.25) is 9.59 Å². The first-order chi connectivity index (χ1) is 9.97. The number of carbonyl (C=O) groups excluding carboxylic acids is 2. The molecule has 0 bridgehead atoms. The van der Waals surface area contributed by atoms with E-state index in [0.29, 0.717) is 5.33 Å². The summed E-state index contributed by atoms with van der Waals surface area (Å²) in [6.07, 6.45) is 0. The van der Waals surface area contributed by atoms with E-state index >= 15 is 0 Å². The van der Waals surface area contributed by atoms with Gasteiger partial charge < -0.3 is 0 Å². The Kier molecular flexibility index (Phi) is 7.03. The molecule has 0 aliphatic carbocycles. The van der Waals surface area contributed by atoms with Crippen LogP contribution in [-0.2, 0) is 0 Å². The van der Waals surface area contributed by atoms with Crippen LogP contribution in [0.1, 0.15) is 38.8 Å². The number of Topliss-reactive ketones (excluding diaryl/α,β-unsaturated/α-hetero) is 2. The third kappa shape index (κ3) is 5.27. The molecule has 0 saturated heterocycles. The summed E-state index contributed by atoms with van der Waals surface area (Å²) < 4.78 is 0. The molecule has 110 valence electrons. The highest BCUT2D eigenvalue weighted by Gasteiger charge is 2.04. The molecule has 0 spiro atoms. The van der Waals surface area contributed by atoms with Gasteiger partial charge >= 0.3 is 0 Å². The van der Waals surface area contributed by atoms with Crippen molar-refractivity contribution in [3.63, 3.8) is 0 Å². The molecule has 0 heterocycles. The molecule has 0 aliphatic rings. The first-order valence-corrected chi connectivity index (χ1v) is 7.81. The molecule has 0 saturated carbocycles. The van der Waals surface area contributed by atoms with E-state index in [0.717, 1.165) is 22.3 Å². The third-order valence-electron chi connectivity index (χ3n) is 3.09. The summed E-state index contributed by atoms with van der Waals surface area (Å²) in [7, 11) is 0. The van der Waals surface area contributed by atoms with Crippen LogP contribution >= 0.6 is 15.9 Å². The Labute approximate surface area is 134 Å². The standard InChI is InChI=1S/C9H9BrO.C9H10O/c1-7-4-2-3-5-8(7)9(11)6-10;1-7-5-3-4-6-9(7)8(2)10/h2-5H,6H2,1H3;3-6H,1-2H3. The van der Waals surface area contributed by atoms with Crippen LogP contribution in [-0.4, -0.2) is 16.9 Å². The first kappa shape index (κ1) is 17.3. The van der Waals surface area contributed by atoms with Gasteiger partial charge in [0.05, 0.1) is 5.33 Å². The van der Waals surface area contributed by atoms with Crippen molar-refractivity contribution >= 4 is 27.5 Å². The Morgan fingerprint density at radius 1 is 0.857 bits per heavy atom. The van der Waals surface area contributed by atoms with E-state index in [1.54, 1.807) is 6.92 Å². The molecule has 0 radical (unpaired) electrons. The summed E-state index contributed by atoms with van der Waals surface area (Å²) in [5.41, 5.74) is 3.72. The minimum absolute atomic E-state index is 0.137. The van der Waals surface area contributed by atoms with Gasteiger partial charge in [0.25, 0.3) is 0 Å². The molecular weight excluding hydrogens is 328 g/mol. The van der Waals surface area contributed by atoms with Gasteiger partial charge in [0.1, 0.15) is 0 Å². The lowest BCUT2D eigenvalue weighted by atomic mass is 10.1. The summed E-state index contributed by atoms with van der Waals surface area (Å²) in [6.45, 7) is 5.47. The SMILES string of the molecule is CC(=O)c1ccccc1C.Cc1ccccc1C(=O)CBr. The third-order valence-corrected chi connectivity index (χ3v) is 3.60. The maximum atomic E-state index is 11.2. The summed E-state index contributed by atoms with van der Waals surface area (Å²) in [5.74, 6) is 0.279. The summed E-state index contributed by atoms with van der Waals surface area (Å²) in [4.78, 5) is 22.1. The van der Waals surface area contributed by atoms with Crippen molar-refractivity contribution in [2.45, 2.75) is 20.8 Å². The van der Waals surface area contributed by atoms with Gasteiger partial charge in [-0.2, -0.15) is 0 Å². The normalized spacial score (nSPS) is 9.52. The first-order valence-electron chi connectivity index (χ1n) is 6.68. The Balaban J connectivity index is 0.000000211. The second-order valence-electron chi connectivity index (χ2n) is 4.74. The van der Waals surface area contributed by atoms with E-state index in [9.17, 15) is 9.59 Å². The van der Waals surface area contributed by atoms with Crippen LogP contribution in [0.5, 0.6) is 0 Å². The molecule has 0 fully saturated rings. The Morgan fingerprint density at radius 3 is 1.62 bits per heavy atom. The predicted molar refractivity (Wildman–Crippen MR) is 90.5 cm³/mol. The van der Waals surface area contributed by atoms with Gasteiger partial charge in [-0.25, -0.2) is 0 Å².